The number of nitrogens with zero attached hydrogens (tertiary/aromatic N) is 1. The average Bonchev–Trinajstić information content (AvgIpc) is 3.41. The Morgan fingerprint density at radius 3 is 2.38 bits per heavy atom. The quantitative estimate of drug-likeness (QED) is 0.395. The number of fused-ring (bicyclic) bond motifs is 3. The molecule has 3 N–H and O–H groups in total. The number of rotatable bonds is 9. The second-order valence-corrected chi connectivity index (χ2v) is 8.82. The summed E-state index contributed by atoms with van der Waals surface area (Å²) in [5.41, 5.74) is 6.68. The summed E-state index contributed by atoms with van der Waals surface area (Å²) in [5.74, 6) is -1.66. The van der Waals surface area contributed by atoms with E-state index in [4.69, 9.17) is 14.7 Å². The summed E-state index contributed by atoms with van der Waals surface area (Å²) in [6.07, 6.45) is 0.272. The molecule has 2 aromatic carbocycles. The first kappa shape index (κ1) is 23.4. The van der Waals surface area contributed by atoms with Crippen molar-refractivity contribution in [1.29, 1.82) is 0 Å². The Bertz CT molecular complexity index is 1170. The number of carbonyl (C=O) groups excluding carboxylic acids is 2. The van der Waals surface area contributed by atoms with Gasteiger partial charge < -0.3 is 9.84 Å². The molecule has 1 unspecified atom stereocenters. The van der Waals surface area contributed by atoms with E-state index in [0.717, 1.165) is 27.1 Å². The van der Waals surface area contributed by atoms with Gasteiger partial charge in [0.2, 0.25) is 5.91 Å². The highest BCUT2D eigenvalue weighted by Crippen LogP contribution is 2.44. The van der Waals surface area contributed by atoms with Crippen molar-refractivity contribution in [2.45, 2.75) is 31.8 Å². The maximum Gasteiger partial charge on any atom is 0.413 e. The number of aliphatic carboxylic acids is 1. The Labute approximate surface area is 199 Å². The maximum atomic E-state index is 12.4. The summed E-state index contributed by atoms with van der Waals surface area (Å²) in [5, 5.41) is 11.7. The van der Waals surface area contributed by atoms with Crippen molar-refractivity contribution < 1.29 is 29.1 Å². The van der Waals surface area contributed by atoms with Gasteiger partial charge in [-0.3, -0.25) is 14.9 Å². The molecule has 0 aliphatic heterocycles. The van der Waals surface area contributed by atoms with Crippen molar-refractivity contribution >= 4 is 34.4 Å². The van der Waals surface area contributed by atoms with Crippen molar-refractivity contribution in [1.82, 2.24) is 10.5 Å². The van der Waals surface area contributed by atoms with E-state index in [2.05, 4.69) is 40.0 Å². The highest BCUT2D eigenvalue weighted by Gasteiger charge is 2.29. The van der Waals surface area contributed by atoms with E-state index in [1.807, 2.05) is 24.3 Å². The van der Waals surface area contributed by atoms with E-state index in [9.17, 15) is 14.4 Å². The first-order valence-electron chi connectivity index (χ1n) is 10.7. The summed E-state index contributed by atoms with van der Waals surface area (Å²) >= 11 is 1.23. The number of hydrogen-bond donors (Lipinski definition) is 3. The highest BCUT2D eigenvalue weighted by atomic mass is 32.1. The molecule has 0 saturated heterocycles. The molecule has 1 aliphatic carbocycles. The van der Waals surface area contributed by atoms with Crippen LogP contribution in [0.5, 0.6) is 0 Å². The van der Waals surface area contributed by atoms with Gasteiger partial charge in [-0.15, -0.1) is 11.3 Å². The molecule has 4 rings (SSSR count). The summed E-state index contributed by atoms with van der Waals surface area (Å²) in [6, 6.07) is 16.2. The molecule has 1 heterocycles. The molecule has 0 saturated carbocycles. The third-order valence-electron chi connectivity index (χ3n) is 5.40. The van der Waals surface area contributed by atoms with Crippen LogP contribution < -0.4 is 10.8 Å². The normalized spacial score (nSPS) is 13.0. The Morgan fingerprint density at radius 2 is 1.74 bits per heavy atom. The molecule has 34 heavy (non-hydrogen) atoms. The Balaban J connectivity index is 1.26. The zero-order chi connectivity index (χ0) is 24.1. The fraction of sp³-hybridized carbons (Fsp3) is 0.250. The number of hydrogen-bond acceptors (Lipinski definition) is 7. The van der Waals surface area contributed by atoms with Crippen molar-refractivity contribution in [3.63, 3.8) is 0 Å². The van der Waals surface area contributed by atoms with Crippen LogP contribution in [0.2, 0.25) is 0 Å². The largest absolute Gasteiger partial charge is 0.479 e. The maximum absolute atomic E-state index is 12.4. The number of aryl methyl sites for hydroxylation is 1. The van der Waals surface area contributed by atoms with E-state index in [1.165, 1.54) is 18.3 Å². The molecule has 2 amide bonds. The molecular weight excluding hydrogens is 458 g/mol. The van der Waals surface area contributed by atoms with Gasteiger partial charge in [0.15, 0.2) is 11.2 Å². The Kier molecular flexibility index (Phi) is 7.19. The standard InChI is InChI=1S/C24H23N3O6S/c1-14(22(29)30)33-27-21(28)11-10-15-12-25-23(34-15)26-24(31)32-13-20-18-8-4-2-6-16(18)17-7-3-5-9-19(17)20/h2-9,12,14,20H,10-11,13H2,1H3,(H,27,28)(H,29,30)(H,25,26,31). The topological polar surface area (TPSA) is 127 Å². The second kappa shape index (κ2) is 10.4. The number of amides is 2. The van der Waals surface area contributed by atoms with Gasteiger partial charge in [-0.25, -0.2) is 20.1 Å². The third kappa shape index (κ3) is 5.41. The van der Waals surface area contributed by atoms with Gasteiger partial charge in [0.1, 0.15) is 6.61 Å². The van der Waals surface area contributed by atoms with Crippen LogP contribution in [-0.4, -0.2) is 40.8 Å². The number of anilines is 1. The third-order valence-corrected chi connectivity index (χ3v) is 6.37. The zero-order valence-corrected chi connectivity index (χ0v) is 19.1. The molecule has 1 aliphatic rings. The van der Waals surface area contributed by atoms with E-state index < -0.39 is 24.1 Å². The van der Waals surface area contributed by atoms with Crippen molar-refractivity contribution in [3.8, 4) is 11.1 Å². The zero-order valence-electron chi connectivity index (χ0n) is 18.3. The van der Waals surface area contributed by atoms with E-state index in [0.29, 0.717) is 11.6 Å². The van der Waals surface area contributed by atoms with Crippen molar-refractivity contribution in [2.75, 3.05) is 11.9 Å². The molecule has 10 heteroatoms. The van der Waals surface area contributed by atoms with Crippen molar-refractivity contribution in [3.05, 3.63) is 70.7 Å². The predicted molar refractivity (Wildman–Crippen MR) is 125 cm³/mol. The van der Waals surface area contributed by atoms with Crippen LogP contribution in [0.3, 0.4) is 0 Å². The smallest absolute Gasteiger partial charge is 0.413 e. The summed E-state index contributed by atoms with van der Waals surface area (Å²) in [6.45, 7) is 1.51. The number of thiazole rings is 1. The van der Waals surface area contributed by atoms with Crippen molar-refractivity contribution in [2.24, 2.45) is 0 Å². The van der Waals surface area contributed by atoms with E-state index in [-0.39, 0.29) is 18.9 Å². The van der Waals surface area contributed by atoms with Gasteiger partial charge in [0.05, 0.1) is 0 Å². The van der Waals surface area contributed by atoms with Crippen LogP contribution in [-0.2, 0) is 25.6 Å². The number of hydroxylamine groups is 1. The fourth-order valence-corrected chi connectivity index (χ4v) is 4.49. The molecule has 0 bridgehead atoms. The Hall–Kier alpha value is -3.76. The lowest BCUT2D eigenvalue weighted by Crippen LogP contribution is -2.32. The average molecular weight is 482 g/mol. The molecule has 176 valence electrons. The molecule has 0 spiro atoms. The van der Waals surface area contributed by atoms with Gasteiger partial charge in [0, 0.05) is 23.4 Å². The first-order valence-corrected chi connectivity index (χ1v) is 11.5. The van der Waals surface area contributed by atoms with Crippen LogP contribution in [0, 0.1) is 0 Å². The Morgan fingerprint density at radius 1 is 1.09 bits per heavy atom. The molecule has 0 radical (unpaired) electrons. The van der Waals surface area contributed by atoms with Crippen LogP contribution in [0.1, 0.15) is 35.3 Å². The molecule has 3 aromatic rings. The fourth-order valence-electron chi connectivity index (χ4n) is 3.69. The minimum Gasteiger partial charge on any atom is -0.479 e. The summed E-state index contributed by atoms with van der Waals surface area (Å²) in [4.78, 5) is 44.5. The van der Waals surface area contributed by atoms with Gasteiger partial charge in [-0.2, -0.15) is 0 Å². The number of aromatic nitrogens is 1. The lowest BCUT2D eigenvalue weighted by atomic mass is 9.98. The molecule has 9 nitrogen and oxygen atoms in total. The van der Waals surface area contributed by atoms with Crippen LogP contribution >= 0.6 is 11.3 Å². The lowest BCUT2D eigenvalue weighted by Gasteiger charge is -2.14. The number of carboxylic acid groups (broad SMARTS) is 1. The SMILES string of the molecule is CC(ONC(=O)CCc1cnc(NC(=O)OCC2c3ccccc3-c3ccccc32)s1)C(=O)O. The molecule has 1 atom stereocenters. The minimum absolute atomic E-state index is 0.0328. The van der Waals surface area contributed by atoms with Gasteiger partial charge >= 0.3 is 12.1 Å². The van der Waals surface area contributed by atoms with Crippen LogP contribution in [0.25, 0.3) is 11.1 Å². The van der Waals surface area contributed by atoms with E-state index >= 15 is 0 Å². The number of benzene rings is 2. The minimum atomic E-state index is -1.17. The predicted octanol–water partition coefficient (Wildman–Crippen LogP) is 3.96. The number of carbonyl (C=O) groups is 3. The van der Waals surface area contributed by atoms with E-state index in [1.54, 1.807) is 6.20 Å². The molecule has 0 fully saturated rings. The van der Waals surface area contributed by atoms with Crippen LogP contribution in [0.15, 0.2) is 54.7 Å². The number of nitrogens with one attached hydrogen (secondary N) is 2. The first-order chi connectivity index (χ1) is 16.4. The lowest BCUT2D eigenvalue weighted by molar-refractivity contribution is -0.158. The number of ether oxygens (including phenoxy) is 1. The number of carboxylic acids is 1. The highest BCUT2D eigenvalue weighted by molar-refractivity contribution is 7.15. The molecular formula is C24H23N3O6S. The van der Waals surface area contributed by atoms with Gasteiger partial charge in [-0.1, -0.05) is 48.5 Å². The summed E-state index contributed by atoms with van der Waals surface area (Å²) < 4.78 is 5.51. The van der Waals surface area contributed by atoms with Crippen LogP contribution in [0.4, 0.5) is 9.93 Å². The van der Waals surface area contributed by atoms with Gasteiger partial charge in [0.25, 0.3) is 0 Å². The monoisotopic (exact) mass is 481 g/mol. The second-order valence-electron chi connectivity index (χ2n) is 7.71. The molecule has 1 aromatic heterocycles. The van der Waals surface area contributed by atoms with Gasteiger partial charge in [-0.05, 0) is 35.6 Å². The summed E-state index contributed by atoms with van der Waals surface area (Å²) in [7, 11) is 0.